The van der Waals surface area contributed by atoms with Crippen molar-refractivity contribution in [2.24, 2.45) is 0 Å². The summed E-state index contributed by atoms with van der Waals surface area (Å²) < 4.78 is 0. The van der Waals surface area contributed by atoms with Crippen LogP contribution in [-0.2, 0) is 6.54 Å². The third-order valence-electron chi connectivity index (χ3n) is 2.86. The zero-order chi connectivity index (χ0) is 12.8. The van der Waals surface area contributed by atoms with Crippen molar-refractivity contribution in [1.29, 1.82) is 0 Å². The van der Waals surface area contributed by atoms with E-state index < -0.39 is 0 Å². The van der Waals surface area contributed by atoms with Crippen molar-refractivity contribution in [1.82, 2.24) is 9.80 Å². The first-order chi connectivity index (χ1) is 8.08. The Labute approximate surface area is 104 Å². The van der Waals surface area contributed by atoms with Gasteiger partial charge < -0.3 is 9.80 Å². The van der Waals surface area contributed by atoms with E-state index in [0.29, 0.717) is 6.54 Å². The molecule has 17 heavy (non-hydrogen) atoms. The van der Waals surface area contributed by atoms with Crippen LogP contribution in [-0.4, -0.2) is 36.0 Å². The van der Waals surface area contributed by atoms with Gasteiger partial charge in [0.1, 0.15) is 0 Å². The van der Waals surface area contributed by atoms with Gasteiger partial charge in [-0.3, -0.25) is 0 Å². The highest BCUT2D eigenvalue weighted by atomic mass is 16.2. The first-order valence-corrected chi connectivity index (χ1v) is 6.14. The molecule has 94 valence electrons. The Bertz CT molecular complexity index is 372. The molecule has 0 spiro atoms. The van der Waals surface area contributed by atoms with Crippen LogP contribution in [0.25, 0.3) is 0 Å². The molecule has 0 N–H and O–H groups in total. The minimum Gasteiger partial charge on any atom is -0.325 e. The average Bonchev–Trinajstić information content (AvgIpc) is 2.30. The molecule has 0 aromatic heterocycles. The molecule has 0 bridgehead atoms. The second-order valence-electron chi connectivity index (χ2n) is 4.30. The lowest BCUT2D eigenvalue weighted by atomic mass is 10.1. The number of hydrogen-bond donors (Lipinski definition) is 0. The smallest absolute Gasteiger partial charge is 0.320 e. The van der Waals surface area contributed by atoms with Crippen molar-refractivity contribution < 1.29 is 4.79 Å². The van der Waals surface area contributed by atoms with Crippen LogP contribution in [0.4, 0.5) is 4.79 Å². The maximum absolute atomic E-state index is 12.0. The third-order valence-corrected chi connectivity index (χ3v) is 2.86. The van der Waals surface area contributed by atoms with Gasteiger partial charge in [-0.05, 0) is 26.3 Å². The fourth-order valence-corrected chi connectivity index (χ4v) is 1.89. The molecule has 3 nitrogen and oxygen atoms in total. The first-order valence-electron chi connectivity index (χ1n) is 6.14. The molecule has 0 atom stereocenters. The van der Waals surface area contributed by atoms with E-state index in [1.54, 1.807) is 4.90 Å². The van der Waals surface area contributed by atoms with Crippen LogP contribution in [0.3, 0.4) is 0 Å². The van der Waals surface area contributed by atoms with Gasteiger partial charge >= 0.3 is 6.03 Å². The molecule has 1 aromatic carbocycles. The zero-order valence-electron chi connectivity index (χ0n) is 11.2. The van der Waals surface area contributed by atoms with Crippen LogP contribution in [0, 0.1) is 6.92 Å². The average molecular weight is 234 g/mol. The molecule has 0 unspecified atom stereocenters. The molecule has 2 amide bonds. The second kappa shape index (κ2) is 6.28. The highest BCUT2D eigenvalue weighted by Gasteiger charge is 2.14. The van der Waals surface area contributed by atoms with Crippen molar-refractivity contribution in [3.05, 3.63) is 35.4 Å². The van der Waals surface area contributed by atoms with Gasteiger partial charge in [0, 0.05) is 26.7 Å². The van der Waals surface area contributed by atoms with E-state index in [1.165, 1.54) is 11.1 Å². The molecule has 0 saturated heterocycles. The van der Waals surface area contributed by atoms with Crippen LogP contribution in [0.15, 0.2) is 24.3 Å². The van der Waals surface area contributed by atoms with Gasteiger partial charge in [-0.15, -0.1) is 0 Å². The van der Waals surface area contributed by atoms with Crippen molar-refractivity contribution in [2.75, 3.05) is 20.1 Å². The minimum atomic E-state index is 0.0940. The quantitative estimate of drug-likeness (QED) is 0.785. The topological polar surface area (TPSA) is 23.6 Å². The predicted molar refractivity (Wildman–Crippen MR) is 71.0 cm³/mol. The van der Waals surface area contributed by atoms with E-state index >= 15 is 0 Å². The van der Waals surface area contributed by atoms with Crippen LogP contribution >= 0.6 is 0 Å². The minimum absolute atomic E-state index is 0.0940. The van der Waals surface area contributed by atoms with E-state index in [1.807, 2.05) is 31.9 Å². The van der Waals surface area contributed by atoms with Gasteiger partial charge in [0.15, 0.2) is 0 Å². The van der Waals surface area contributed by atoms with Gasteiger partial charge in [0.25, 0.3) is 0 Å². The maximum atomic E-state index is 12.0. The highest BCUT2D eigenvalue weighted by Crippen LogP contribution is 2.08. The number of carbonyl (C=O) groups is 1. The summed E-state index contributed by atoms with van der Waals surface area (Å²) in [5.41, 5.74) is 2.40. The summed E-state index contributed by atoms with van der Waals surface area (Å²) in [6.07, 6.45) is 0. The fourth-order valence-electron chi connectivity index (χ4n) is 1.89. The summed E-state index contributed by atoms with van der Waals surface area (Å²) in [6, 6.07) is 8.36. The van der Waals surface area contributed by atoms with Crippen molar-refractivity contribution in [3.63, 3.8) is 0 Å². The van der Waals surface area contributed by atoms with Gasteiger partial charge in [0.2, 0.25) is 0 Å². The SMILES string of the molecule is CCN(CC)C(=O)N(C)Cc1cccc(C)c1. The molecule has 1 aromatic rings. The Balaban J connectivity index is 2.65. The number of nitrogens with zero attached hydrogens (tertiary/aromatic N) is 2. The summed E-state index contributed by atoms with van der Waals surface area (Å²) in [5.74, 6) is 0. The number of hydrogen-bond acceptors (Lipinski definition) is 1. The first kappa shape index (κ1) is 13.6. The van der Waals surface area contributed by atoms with Crippen LogP contribution in [0.2, 0.25) is 0 Å². The molecule has 0 aliphatic heterocycles. The number of rotatable bonds is 4. The number of benzene rings is 1. The number of carbonyl (C=O) groups excluding carboxylic acids is 1. The lowest BCUT2D eigenvalue weighted by Gasteiger charge is -2.26. The van der Waals surface area contributed by atoms with E-state index in [-0.39, 0.29) is 6.03 Å². The van der Waals surface area contributed by atoms with Gasteiger partial charge in [0.05, 0.1) is 0 Å². The third kappa shape index (κ3) is 3.77. The molecule has 0 fully saturated rings. The Morgan fingerprint density at radius 1 is 1.24 bits per heavy atom. The molecule has 0 heterocycles. The Morgan fingerprint density at radius 2 is 1.88 bits per heavy atom. The Kier molecular flexibility index (Phi) is 5.01. The van der Waals surface area contributed by atoms with Crippen molar-refractivity contribution >= 4 is 6.03 Å². The molecule has 0 radical (unpaired) electrons. The number of amides is 2. The van der Waals surface area contributed by atoms with Gasteiger partial charge in [-0.2, -0.15) is 0 Å². The largest absolute Gasteiger partial charge is 0.325 e. The molecule has 0 aliphatic carbocycles. The zero-order valence-corrected chi connectivity index (χ0v) is 11.2. The van der Waals surface area contributed by atoms with E-state index in [2.05, 4.69) is 25.1 Å². The van der Waals surface area contributed by atoms with E-state index in [0.717, 1.165) is 13.1 Å². The molecular formula is C14H22N2O. The van der Waals surface area contributed by atoms with Gasteiger partial charge in [-0.25, -0.2) is 4.79 Å². The summed E-state index contributed by atoms with van der Waals surface area (Å²) in [4.78, 5) is 15.6. The number of urea groups is 1. The standard InChI is InChI=1S/C14H22N2O/c1-5-16(6-2)14(17)15(4)11-13-9-7-8-12(3)10-13/h7-10H,5-6,11H2,1-4H3. The Morgan fingerprint density at radius 3 is 2.41 bits per heavy atom. The summed E-state index contributed by atoms with van der Waals surface area (Å²) in [5, 5.41) is 0. The molecule has 3 heteroatoms. The monoisotopic (exact) mass is 234 g/mol. The predicted octanol–water partition coefficient (Wildman–Crippen LogP) is 2.89. The lowest BCUT2D eigenvalue weighted by molar-refractivity contribution is 0.165. The maximum Gasteiger partial charge on any atom is 0.320 e. The molecular weight excluding hydrogens is 212 g/mol. The van der Waals surface area contributed by atoms with Crippen molar-refractivity contribution in [3.8, 4) is 0 Å². The fraction of sp³-hybridized carbons (Fsp3) is 0.500. The van der Waals surface area contributed by atoms with E-state index in [4.69, 9.17) is 0 Å². The van der Waals surface area contributed by atoms with Crippen LogP contribution in [0.5, 0.6) is 0 Å². The highest BCUT2D eigenvalue weighted by molar-refractivity contribution is 5.74. The summed E-state index contributed by atoms with van der Waals surface area (Å²) in [6.45, 7) is 8.25. The molecule has 0 aliphatic rings. The molecule has 1 rings (SSSR count). The van der Waals surface area contributed by atoms with E-state index in [9.17, 15) is 4.79 Å². The van der Waals surface area contributed by atoms with Crippen molar-refractivity contribution in [2.45, 2.75) is 27.3 Å². The summed E-state index contributed by atoms with van der Waals surface area (Å²) >= 11 is 0. The Hall–Kier alpha value is -1.51. The molecule has 0 saturated carbocycles. The van der Waals surface area contributed by atoms with Crippen LogP contribution in [0.1, 0.15) is 25.0 Å². The number of aryl methyl sites for hydroxylation is 1. The second-order valence-corrected chi connectivity index (χ2v) is 4.30. The normalized spacial score (nSPS) is 10.1. The van der Waals surface area contributed by atoms with Crippen LogP contribution < -0.4 is 0 Å². The lowest BCUT2D eigenvalue weighted by Crippen LogP contribution is -2.40. The van der Waals surface area contributed by atoms with Gasteiger partial charge in [-0.1, -0.05) is 29.8 Å². The summed E-state index contributed by atoms with van der Waals surface area (Å²) in [7, 11) is 1.85.